The molecule has 11 nitrogen and oxygen atoms in total. The third kappa shape index (κ3) is 6.75. The minimum absolute atomic E-state index is 0.174. The molecular weight excluding hydrogens is 308 g/mol. The predicted molar refractivity (Wildman–Crippen MR) is 80.5 cm³/mol. The molecule has 0 aliphatic carbocycles. The highest BCUT2D eigenvalue weighted by Crippen LogP contribution is 2.16. The fraction of sp³-hybridized carbons (Fsp3) is 0.250. The van der Waals surface area contributed by atoms with Gasteiger partial charge in [-0.3, -0.25) is 20.3 Å². The van der Waals surface area contributed by atoms with Gasteiger partial charge < -0.3 is 16.0 Å². The summed E-state index contributed by atoms with van der Waals surface area (Å²) in [5.74, 6) is -0.648. The van der Waals surface area contributed by atoms with Gasteiger partial charge in [-0.2, -0.15) is 0 Å². The van der Waals surface area contributed by atoms with Gasteiger partial charge in [0.05, 0.1) is 4.92 Å². The minimum Gasteiger partial charge on any atom is -0.337 e. The Bertz CT molecular complexity index is 605. The molecule has 0 saturated carbocycles. The number of hydrogen-bond acceptors (Lipinski definition) is 5. The van der Waals surface area contributed by atoms with Crippen molar-refractivity contribution in [2.45, 2.75) is 6.92 Å². The maximum atomic E-state index is 11.6. The first-order chi connectivity index (χ1) is 10.9. The number of carbonyl (C=O) groups is 3. The van der Waals surface area contributed by atoms with Crippen molar-refractivity contribution in [2.75, 3.05) is 18.4 Å². The van der Waals surface area contributed by atoms with E-state index in [1.54, 1.807) is 6.92 Å². The van der Waals surface area contributed by atoms with Gasteiger partial charge in [0, 0.05) is 24.4 Å². The second-order valence-electron chi connectivity index (χ2n) is 4.15. The number of non-ortho nitro benzene ring substituents is 1. The molecule has 0 aliphatic rings. The standard InChI is InChI=1S/C12H16N6O5/c1-2-13-12(21)17-16-10(19)7-14-11(20)15-8-4-3-5-9(6-8)18(22)23/h3-6H,2,7H2,1H3,(H,16,19)(H2,13,17,21)(H2,14,15,20). The maximum absolute atomic E-state index is 11.6. The van der Waals surface area contributed by atoms with Gasteiger partial charge in [0.15, 0.2) is 0 Å². The molecule has 0 unspecified atom stereocenters. The summed E-state index contributed by atoms with van der Waals surface area (Å²) < 4.78 is 0. The Kier molecular flexibility index (Phi) is 6.78. The molecule has 23 heavy (non-hydrogen) atoms. The molecule has 0 spiro atoms. The van der Waals surface area contributed by atoms with E-state index in [1.807, 2.05) is 0 Å². The average Bonchev–Trinajstić information content (AvgIpc) is 2.51. The quantitative estimate of drug-likeness (QED) is 0.383. The highest BCUT2D eigenvalue weighted by atomic mass is 16.6. The molecule has 11 heteroatoms. The Labute approximate surface area is 130 Å². The van der Waals surface area contributed by atoms with Gasteiger partial charge in [-0.1, -0.05) is 6.07 Å². The van der Waals surface area contributed by atoms with Crippen LogP contribution in [0.1, 0.15) is 6.92 Å². The number of urea groups is 2. The zero-order valence-electron chi connectivity index (χ0n) is 12.2. The first-order valence-electron chi connectivity index (χ1n) is 6.54. The monoisotopic (exact) mass is 324 g/mol. The summed E-state index contributed by atoms with van der Waals surface area (Å²) >= 11 is 0. The molecule has 1 aromatic carbocycles. The molecule has 0 fully saturated rings. The molecule has 0 atom stereocenters. The lowest BCUT2D eigenvalue weighted by molar-refractivity contribution is -0.384. The fourth-order valence-electron chi connectivity index (χ4n) is 1.41. The molecule has 124 valence electrons. The lowest BCUT2D eigenvalue weighted by Crippen LogP contribution is -2.50. The van der Waals surface area contributed by atoms with Crippen LogP contribution in [-0.4, -0.2) is 36.0 Å². The Balaban J connectivity index is 2.36. The van der Waals surface area contributed by atoms with Crippen LogP contribution in [0.3, 0.4) is 0 Å². The number of hydrazine groups is 1. The molecule has 0 bridgehead atoms. The van der Waals surface area contributed by atoms with E-state index in [0.29, 0.717) is 6.54 Å². The molecular formula is C12H16N6O5. The van der Waals surface area contributed by atoms with Crippen LogP contribution in [0.15, 0.2) is 24.3 Å². The minimum atomic E-state index is -0.723. The summed E-state index contributed by atoms with van der Waals surface area (Å²) in [4.78, 5) is 44.0. The number of anilines is 1. The van der Waals surface area contributed by atoms with Crippen LogP contribution in [-0.2, 0) is 4.79 Å². The second-order valence-corrected chi connectivity index (χ2v) is 4.15. The van der Waals surface area contributed by atoms with E-state index in [9.17, 15) is 24.5 Å². The molecule has 0 heterocycles. The molecule has 0 saturated heterocycles. The third-order valence-corrected chi connectivity index (χ3v) is 2.38. The number of carbonyl (C=O) groups excluding carboxylic acids is 3. The lowest BCUT2D eigenvalue weighted by atomic mass is 10.3. The Morgan fingerprint density at radius 3 is 2.52 bits per heavy atom. The van der Waals surface area contributed by atoms with Crippen molar-refractivity contribution < 1.29 is 19.3 Å². The first-order valence-corrected chi connectivity index (χ1v) is 6.54. The normalized spacial score (nSPS) is 9.43. The number of nitro benzene ring substituents is 1. The summed E-state index contributed by atoms with van der Waals surface area (Å²) in [6.45, 7) is 1.71. The lowest BCUT2D eigenvalue weighted by Gasteiger charge is -2.09. The highest BCUT2D eigenvalue weighted by molar-refractivity contribution is 5.92. The van der Waals surface area contributed by atoms with Gasteiger partial charge in [0.2, 0.25) is 0 Å². The van der Waals surface area contributed by atoms with E-state index < -0.39 is 29.4 Å². The number of benzene rings is 1. The number of amides is 5. The summed E-state index contributed by atoms with van der Waals surface area (Å²) in [5, 5.41) is 17.6. The second kappa shape index (κ2) is 8.81. The molecule has 0 aliphatic heterocycles. The van der Waals surface area contributed by atoms with Crippen LogP contribution in [0.2, 0.25) is 0 Å². The van der Waals surface area contributed by atoms with Crippen LogP contribution in [0, 0.1) is 10.1 Å². The van der Waals surface area contributed by atoms with Gasteiger partial charge >= 0.3 is 12.1 Å². The van der Waals surface area contributed by atoms with Crippen molar-refractivity contribution in [2.24, 2.45) is 0 Å². The van der Waals surface area contributed by atoms with E-state index in [1.165, 1.54) is 24.3 Å². The first kappa shape index (κ1) is 17.7. The van der Waals surface area contributed by atoms with Gasteiger partial charge in [0.1, 0.15) is 6.54 Å². The Hall–Kier alpha value is -3.37. The summed E-state index contributed by atoms with van der Waals surface area (Å²) in [6.07, 6.45) is 0. The van der Waals surface area contributed by atoms with Crippen molar-refractivity contribution in [1.29, 1.82) is 0 Å². The summed E-state index contributed by atoms with van der Waals surface area (Å²) in [7, 11) is 0. The van der Waals surface area contributed by atoms with Gasteiger partial charge in [0.25, 0.3) is 11.6 Å². The van der Waals surface area contributed by atoms with Gasteiger partial charge in [-0.15, -0.1) is 0 Å². The third-order valence-electron chi connectivity index (χ3n) is 2.38. The van der Waals surface area contributed by atoms with Crippen LogP contribution in [0.5, 0.6) is 0 Å². The SMILES string of the molecule is CCNC(=O)NNC(=O)CNC(=O)Nc1cccc([N+](=O)[O-])c1. The largest absolute Gasteiger partial charge is 0.337 e. The summed E-state index contributed by atoms with van der Waals surface area (Å²) in [6, 6.07) is 4.03. The maximum Gasteiger partial charge on any atom is 0.333 e. The average molecular weight is 324 g/mol. The zero-order valence-corrected chi connectivity index (χ0v) is 12.2. The van der Waals surface area contributed by atoms with Crippen LogP contribution >= 0.6 is 0 Å². The Morgan fingerprint density at radius 2 is 1.87 bits per heavy atom. The van der Waals surface area contributed by atoms with Gasteiger partial charge in [-0.25, -0.2) is 15.0 Å². The number of rotatable bonds is 5. The topological polar surface area (TPSA) is 155 Å². The molecule has 5 N–H and O–H groups in total. The molecule has 1 aromatic rings. The molecule has 0 aromatic heterocycles. The molecule has 1 rings (SSSR count). The number of nitro groups is 1. The van der Waals surface area contributed by atoms with Crippen LogP contribution in [0.25, 0.3) is 0 Å². The Morgan fingerprint density at radius 1 is 1.13 bits per heavy atom. The van der Waals surface area contributed by atoms with Crippen molar-refractivity contribution in [3.63, 3.8) is 0 Å². The van der Waals surface area contributed by atoms with E-state index in [-0.39, 0.29) is 11.4 Å². The van der Waals surface area contributed by atoms with Crippen molar-refractivity contribution >= 4 is 29.3 Å². The van der Waals surface area contributed by atoms with Crippen LogP contribution in [0.4, 0.5) is 21.0 Å². The van der Waals surface area contributed by atoms with Crippen molar-refractivity contribution in [3.05, 3.63) is 34.4 Å². The van der Waals surface area contributed by atoms with Gasteiger partial charge in [-0.05, 0) is 13.0 Å². The van der Waals surface area contributed by atoms with E-state index >= 15 is 0 Å². The number of nitrogens with one attached hydrogen (secondary N) is 5. The molecule has 0 radical (unpaired) electrons. The number of hydrogen-bond donors (Lipinski definition) is 5. The van der Waals surface area contributed by atoms with E-state index in [2.05, 4.69) is 26.8 Å². The molecule has 5 amide bonds. The smallest absolute Gasteiger partial charge is 0.333 e. The fourth-order valence-corrected chi connectivity index (χ4v) is 1.41. The van der Waals surface area contributed by atoms with E-state index in [4.69, 9.17) is 0 Å². The van der Waals surface area contributed by atoms with E-state index in [0.717, 1.165) is 0 Å². The van der Waals surface area contributed by atoms with Crippen molar-refractivity contribution in [1.82, 2.24) is 21.5 Å². The summed E-state index contributed by atoms with van der Waals surface area (Å²) in [5.41, 5.74) is 4.19. The highest BCUT2D eigenvalue weighted by Gasteiger charge is 2.09. The van der Waals surface area contributed by atoms with Crippen LogP contribution < -0.4 is 26.8 Å². The zero-order chi connectivity index (χ0) is 17.2. The van der Waals surface area contributed by atoms with Crippen molar-refractivity contribution in [3.8, 4) is 0 Å². The number of nitrogens with zero attached hydrogens (tertiary/aromatic N) is 1. The predicted octanol–water partition coefficient (Wildman–Crippen LogP) is 0.0666.